The Labute approximate surface area is 212 Å². The van der Waals surface area contributed by atoms with Crippen molar-refractivity contribution in [3.8, 4) is 0 Å². The molecule has 7 nitrogen and oxygen atoms in total. The first-order chi connectivity index (χ1) is 15.0. The van der Waals surface area contributed by atoms with Crippen LogP contribution in [0.5, 0.6) is 0 Å². The summed E-state index contributed by atoms with van der Waals surface area (Å²) in [5.41, 5.74) is 0.950. The predicted octanol–water partition coefficient (Wildman–Crippen LogP) is 3.92. The molecule has 1 N–H and O–H groups in total. The van der Waals surface area contributed by atoms with E-state index < -0.39 is 28.5 Å². The summed E-state index contributed by atoms with van der Waals surface area (Å²) in [6, 6.07) is 10.8. The van der Waals surface area contributed by atoms with Gasteiger partial charge in [0.15, 0.2) is 0 Å². The van der Waals surface area contributed by atoms with Gasteiger partial charge in [0.2, 0.25) is 21.8 Å². The van der Waals surface area contributed by atoms with Crippen LogP contribution in [0.1, 0.15) is 18.9 Å². The second-order valence-corrected chi connectivity index (χ2v) is 11.0. The Morgan fingerprint density at radius 3 is 2.25 bits per heavy atom. The molecule has 0 saturated heterocycles. The molecule has 0 bridgehead atoms. The number of rotatable bonds is 9. The van der Waals surface area contributed by atoms with Crippen molar-refractivity contribution in [3.05, 3.63) is 61.6 Å². The van der Waals surface area contributed by atoms with E-state index in [0.717, 1.165) is 14.1 Å². The Morgan fingerprint density at radius 1 is 1.12 bits per heavy atom. The Kier molecular flexibility index (Phi) is 9.62. The SMILES string of the molecule is CC[C@@H](C(=O)NC)N(Cc1ccc(Cl)cc1Cl)C(=O)CN(c1ccc(I)cc1)S(C)(=O)=O. The van der Waals surface area contributed by atoms with Crippen molar-refractivity contribution >= 4 is 73.3 Å². The highest BCUT2D eigenvalue weighted by atomic mass is 127. The van der Waals surface area contributed by atoms with Gasteiger partial charge in [0.05, 0.1) is 11.9 Å². The lowest BCUT2D eigenvalue weighted by Crippen LogP contribution is -2.51. The topological polar surface area (TPSA) is 86.8 Å². The molecule has 0 aromatic heterocycles. The summed E-state index contributed by atoms with van der Waals surface area (Å²) >= 11 is 14.4. The first-order valence-corrected chi connectivity index (χ1v) is 13.3. The van der Waals surface area contributed by atoms with Crippen LogP contribution in [0.2, 0.25) is 10.0 Å². The smallest absolute Gasteiger partial charge is 0.244 e. The Hall–Kier alpha value is -1.56. The number of anilines is 1. The normalized spacial score (nSPS) is 12.2. The van der Waals surface area contributed by atoms with Crippen molar-refractivity contribution in [2.24, 2.45) is 0 Å². The van der Waals surface area contributed by atoms with Crippen molar-refractivity contribution in [1.29, 1.82) is 0 Å². The summed E-state index contributed by atoms with van der Waals surface area (Å²) in [6.07, 6.45) is 1.37. The number of halogens is 3. The van der Waals surface area contributed by atoms with Gasteiger partial charge in [0.1, 0.15) is 12.6 Å². The summed E-state index contributed by atoms with van der Waals surface area (Å²) in [7, 11) is -2.28. The number of carbonyl (C=O) groups excluding carboxylic acids is 2. The van der Waals surface area contributed by atoms with E-state index in [1.165, 1.54) is 11.9 Å². The molecule has 2 amide bonds. The molecule has 0 radical (unpaired) electrons. The van der Waals surface area contributed by atoms with Gasteiger partial charge >= 0.3 is 0 Å². The van der Waals surface area contributed by atoms with E-state index in [1.54, 1.807) is 49.4 Å². The molecule has 0 saturated carbocycles. The minimum absolute atomic E-state index is 0.0189. The maximum Gasteiger partial charge on any atom is 0.244 e. The summed E-state index contributed by atoms with van der Waals surface area (Å²) < 4.78 is 26.9. The molecular formula is C21H24Cl2IN3O4S. The molecule has 2 aromatic carbocycles. The fourth-order valence-electron chi connectivity index (χ4n) is 3.14. The van der Waals surface area contributed by atoms with Gasteiger partial charge in [-0.1, -0.05) is 36.2 Å². The average Bonchev–Trinajstić information content (AvgIpc) is 2.73. The molecule has 0 aliphatic heterocycles. The van der Waals surface area contributed by atoms with Crippen molar-refractivity contribution in [2.45, 2.75) is 25.9 Å². The molecule has 2 rings (SSSR count). The molecule has 11 heteroatoms. The van der Waals surface area contributed by atoms with Crippen molar-refractivity contribution in [2.75, 3.05) is 24.2 Å². The average molecular weight is 612 g/mol. The number of hydrogen-bond donors (Lipinski definition) is 1. The van der Waals surface area contributed by atoms with Crippen LogP contribution in [0.15, 0.2) is 42.5 Å². The zero-order chi connectivity index (χ0) is 24.1. The molecule has 0 aliphatic carbocycles. The molecule has 32 heavy (non-hydrogen) atoms. The van der Waals surface area contributed by atoms with E-state index in [-0.39, 0.29) is 12.5 Å². The molecule has 1 atom stereocenters. The van der Waals surface area contributed by atoms with Gasteiger partial charge in [0.25, 0.3) is 0 Å². The van der Waals surface area contributed by atoms with Crippen LogP contribution in [-0.2, 0) is 26.2 Å². The van der Waals surface area contributed by atoms with Crippen LogP contribution in [0, 0.1) is 3.57 Å². The van der Waals surface area contributed by atoms with E-state index in [9.17, 15) is 18.0 Å². The van der Waals surface area contributed by atoms with Crippen LogP contribution in [0.25, 0.3) is 0 Å². The standard InChI is InChI=1S/C21H24Cl2IN3O4S/c1-4-19(21(29)25-2)26(12-14-5-6-15(22)11-18(14)23)20(28)13-27(32(3,30)31)17-9-7-16(24)8-10-17/h5-11,19H,4,12-13H2,1-3H3,(H,25,29)/t19-/m0/s1. The minimum atomic E-state index is -3.76. The van der Waals surface area contributed by atoms with Crippen molar-refractivity contribution in [1.82, 2.24) is 10.2 Å². The number of amides is 2. The second kappa shape index (κ2) is 11.5. The van der Waals surface area contributed by atoms with E-state index in [1.807, 2.05) is 0 Å². The highest BCUT2D eigenvalue weighted by Crippen LogP contribution is 2.25. The first-order valence-electron chi connectivity index (χ1n) is 9.66. The number of nitrogens with one attached hydrogen (secondary N) is 1. The van der Waals surface area contributed by atoms with Crippen LogP contribution in [-0.4, -0.2) is 51.0 Å². The van der Waals surface area contributed by atoms with Gasteiger partial charge in [0, 0.05) is 27.2 Å². The lowest BCUT2D eigenvalue weighted by Gasteiger charge is -2.32. The second-order valence-electron chi connectivity index (χ2n) is 7.04. The van der Waals surface area contributed by atoms with Crippen LogP contribution >= 0.6 is 45.8 Å². The van der Waals surface area contributed by atoms with Gasteiger partial charge in [-0.15, -0.1) is 0 Å². The number of carbonyl (C=O) groups is 2. The van der Waals surface area contributed by atoms with E-state index in [2.05, 4.69) is 27.9 Å². The van der Waals surface area contributed by atoms with Gasteiger partial charge in [-0.05, 0) is 71.0 Å². The predicted molar refractivity (Wildman–Crippen MR) is 137 cm³/mol. The fraction of sp³-hybridized carbons (Fsp3) is 0.333. The quantitative estimate of drug-likeness (QED) is 0.436. The minimum Gasteiger partial charge on any atom is -0.357 e. The Morgan fingerprint density at radius 2 is 1.75 bits per heavy atom. The third kappa shape index (κ3) is 6.97. The zero-order valence-electron chi connectivity index (χ0n) is 17.8. The van der Waals surface area contributed by atoms with Crippen molar-refractivity contribution < 1.29 is 18.0 Å². The van der Waals surface area contributed by atoms with Gasteiger partial charge < -0.3 is 10.2 Å². The van der Waals surface area contributed by atoms with E-state index in [4.69, 9.17) is 23.2 Å². The largest absolute Gasteiger partial charge is 0.357 e. The molecule has 0 fully saturated rings. The van der Waals surface area contributed by atoms with E-state index in [0.29, 0.717) is 27.7 Å². The molecule has 0 heterocycles. The summed E-state index contributed by atoms with van der Waals surface area (Å²) in [5.74, 6) is -0.887. The Balaban J connectivity index is 2.44. The van der Waals surface area contributed by atoms with Crippen molar-refractivity contribution in [3.63, 3.8) is 0 Å². The lowest BCUT2D eigenvalue weighted by molar-refractivity contribution is -0.140. The third-order valence-corrected chi connectivity index (χ3v) is 7.23. The molecule has 174 valence electrons. The summed E-state index contributed by atoms with van der Waals surface area (Å²) in [6.45, 7) is 1.33. The van der Waals surface area contributed by atoms with Crippen LogP contribution < -0.4 is 9.62 Å². The van der Waals surface area contributed by atoms with Crippen LogP contribution in [0.4, 0.5) is 5.69 Å². The summed E-state index contributed by atoms with van der Waals surface area (Å²) in [5, 5.41) is 3.35. The van der Waals surface area contributed by atoms with E-state index >= 15 is 0 Å². The number of sulfonamides is 1. The number of likely N-dealkylation sites (N-methyl/N-ethyl adjacent to an activating group) is 1. The van der Waals surface area contributed by atoms with Gasteiger partial charge in [-0.2, -0.15) is 0 Å². The van der Waals surface area contributed by atoms with Gasteiger partial charge in [-0.25, -0.2) is 8.42 Å². The number of benzene rings is 2. The maximum absolute atomic E-state index is 13.4. The fourth-order valence-corrected chi connectivity index (χ4v) is 4.82. The Bertz CT molecular complexity index is 1080. The highest BCUT2D eigenvalue weighted by molar-refractivity contribution is 14.1. The maximum atomic E-state index is 13.4. The highest BCUT2D eigenvalue weighted by Gasteiger charge is 2.31. The van der Waals surface area contributed by atoms with Crippen LogP contribution in [0.3, 0.4) is 0 Å². The van der Waals surface area contributed by atoms with Gasteiger partial charge in [-0.3, -0.25) is 13.9 Å². The zero-order valence-corrected chi connectivity index (χ0v) is 22.3. The molecule has 2 aromatic rings. The number of nitrogens with zero attached hydrogens (tertiary/aromatic N) is 2. The number of hydrogen-bond acceptors (Lipinski definition) is 4. The third-order valence-electron chi connectivity index (χ3n) is 4.78. The summed E-state index contributed by atoms with van der Waals surface area (Å²) in [4.78, 5) is 27.3. The molecule has 0 spiro atoms. The molecule has 0 unspecified atom stereocenters. The molecule has 0 aliphatic rings. The lowest BCUT2D eigenvalue weighted by atomic mass is 10.1. The molecular weight excluding hydrogens is 588 g/mol. The first kappa shape index (κ1) is 26.7. The monoisotopic (exact) mass is 611 g/mol.